The summed E-state index contributed by atoms with van der Waals surface area (Å²) in [6, 6.07) is 13.2. The molecule has 0 aliphatic heterocycles. The number of carbonyl (C=O) groups is 1. The molecule has 24 heavy (non-hydrogen) atoms. The molecule has 7 heteroatoms. The number of carbonyl (C=O) groups excluding carboxylic acids is 1. The first-order chi connectivity index (χ1) is 11.7. The van der Waals surface area contributed by atoms with Gasteiger partial charge in [-0.25, -0.2) is 4.39 Å². The van der Waals surface area contributed by atoms with Gasteiger partial charge in [-0.2, -0.15) is 0 Å². The van der Waals surface area contributed by atoms with Crippen molar-refractivity contribution in [1.29, 1.82) is 0 Å². The van der Waals surface area contributed by atoms with E-state index in [0.29, 0.717) is 16.7 Å². The Kier molecular flexibility index (Phi) is 4.81. The molecule has 0 spiro atoms. The molecule has 1 amide bonds. The second-order valence-corrected chi connectivity index (χ2v) is 5.78. The van der Waals surface area contributed by atoms with Gasteiger partial charge in [0.15, 0.2) is 0 Å². The van der Waals surface area contributed by atoms with Gasteiger partial charge in [-0.05, 0) is 31.2 Å². The lowest BCUT2D eigenvalue weighted by Gasteiger charge is -2.03. The second kappa shape index (κ2) is 7.18. The van der Waals surface area contributed by atoms with Crippen LogP contribution < -0.4 is 10.1 Å². The average Bonchev–Trinajstić information content (AvgIpc) is 3.04. The number of nitrogens with one attached hydrogen (secondary N) is 1. The van der Waals surface area contributed by atoms with Crippen molar-refractivity contribution in [3.05, 3.63) is 59.9 Å². The van der Waals surface area contributed by atoms with E-state index < -0.39 is 11.7 Å². The van der Waals surface area contributed by atoms with E-state index in [-0.39, 0.29) is 5.56 Å². The number of nitrogens with zero attached hydrogens (tertiary/aromatic N) is 2. The maximum atomic E-state index is 13.6. The molecule has 0 bridgehead atoms. The Morgan fingerprint density at radius 2 is 2.04 bits per heavy atom. The highest BCUT2D eigenvalue weighted by Gasteiger charge is 2.14. The van der Waals surface area contributed by atoms with Crippen molar-refractivity contribution < 1.29 is 13.9 Å². The van der Waals surface area contributed by atoms with Crippen molar-refractivity contribution in [2.75, 3.05) is 11.9 Å². The highest BCUT2D eigenvalue weighted by Crippen LogP contribution is 2.29. The largest absolute Gasteiger partial charge is 0.494 e. The third-order valence-electron chi connectivity index (χ3n) is 3.16. The maximum Gasteiger partial charge on any atom is 0.260 e. The Morgan fingerprint density at radius 3 is 2.83 bits per heavy atom. The van der Waals surface area contributed by atoms with Gasteiger partial charge in [-0.1, -0.05) is 35.6 Å². The third kappa shape index (κ3) is 3.57. The van der Waals surface area contributed by atoms with Crippen molar-refractivity contribution >= 4 is 22.4 Å². The summed E-state index contributed by atoms with van der Waals surface area (Å²) in [7, 11) is 0. The summed E-state index contributed by atoms with van der Waals surface area (Å²) in [6.45, 7) is 2.48. The van der Waals surface area contributed by atoms with E-state index >= 15 is 0 Å². The van der Waals surface area contributed by atoms with Crippen molar-refractivity contribution in [2.45, 2.75) is 6.92 Å². The van der Waals surface area contributed by atoms with Crippen molar-refractivity contribution in [2.24, 2.45) is 0 Å². The zero-order valence-electron chi connectivity index (χ0n) is 12.8. The van der Waals surface area contributed by atoms with Crippen LogP contribution in [-0.2, 0) is 0 Å². The quantitative estimate of drug-likeness (QED) is 0.761. The Bertz CT molecular complexity index is 866. The monoisotopic (exact) mass is 343 g/mol. The molecule has 0 saturated heterocycles. The van der Waals surface area contributed by atoms with Crippen LogP contribution in [-0.4, -0.2) is 22.7 Å². The number of anilines is 1. The van der Waals surface area contributed by atoms with Crippen molar-refractivity contribution in [3.63, 3.8) is 0 Å². The van der Waals surface area contributed by atoms with Crippen LogP contribution in [0.15, 0.2) is 48.5 Å². The summed E-state index contributed by atoms with van der Waals surface area (Å²) in [6.07, 6.45) is 0. The Hall–Kier alpha value is -2.80. The van der Waals surface area contributed by atoms with Crippen LogP contribution in [0.25, 0.3) is 10.6 Å². The molecule has 0 atom stereocenters. The van der Waals surface area contributed by atoms with E-state index in [1.165, 1.54) is 29.5 Å². The van der Waals surface area contributed by atoms with Crippen LogP contribution in [0.2, 0.25) is 0 Å². The molecule has 0 fully saturated rings. The van der Waals surface area contributed by atoms with Gasteiger partial charge in [0, 0.05) is 5.56 Å². The number of amides is 1. The molecule has 0 saturated carbocycles. The van der Waals surface area contributed by atoms with Gasteiger partial charge in [-0.15, -0.1) is 10.2 Å². The lowest BCUT2D eigenvalue weighted by atomic mass is 10.2. The van der Waals surface area contributed by atoms with Crippen LogP contribution in [0.3, 0.4) is 0 Å². The van der Waals surface area contributed by atoms with Crippen LogP contribution in [0.1, 0.15) is 17.3 Å². The van der Waals surface area contributed by atoms with E-state index in [9.17, 15) is 9.18 Å². The Morgan fingerprint density at radius 1 is 1.21 bits per heavy atom. The number of hydrogen-bond donors (Lipinski definition) is 1. The number of halogens is 1. The minimum atomic E-state index is -0.579. The number of rotatable bonds is 5. The summed E-state index contributed by atoms with van der Waals surface area (Å²) >= 11 is 1.21. The van der Waals surface area contributed by atoms with Crippen molar-refractivity contribution in [3.8, 4) is 16.3 Å². The van der Waals surface area contributed by atoms with E-state index in [2.05, 4.69) is 15.5 Å². The molecule has 1 aromatic heterocycles. The van der Waals surface area contributed by atoms with E-state index in [4.69, 9.17) is 4.74 Å². The number of hydrogen-bond acceptors (Lipinski definition) is 5. The highest BCUT2D eigenvalue weighted by molar-refractivity contribution is 7.18. The van der Waals surface area contributed by atoms with Crippen molar-refractivity contribution in [1.82, 2.24) is 10.2 Å². The van der Waals surface area contributed by atoms with Crippen LogP contribution >= 0.6 is 11.3 Å². The van der Waals surface area contributed by atoms with Gasteiger partial charge in [0.25, 0.3) is 5.91 Å². The highest BCUT2D eigenvalue weighted by atomic mass is 32.1. The average molecular weight is 343 g/mol. The molecule has 5 nitrogen and oxygen atoms in total. The lowest BCUT2D eigenvalue weighted by molar-refractivity contribution is 0.102. The second-order valence-electron chi connectivity index (χ2n) is 4.81. The normalized spacial score (nSPS) is 10.4. The number of aromatic nitrogens is 2. The fraction of sp³-hybridized carbons (Fsp3) is 0.118. The molecule has 3 aromatic rings. The van der Waals surface area contributed by atoms with Gasteiger partial charge < -0.3 is 4.74 Å². The maximum absolute atomic E-state index is 13.6. The molecule has 0 aliphatic carbocycles. The van der Waals surface area contributed by atoms with Gasteiger partial charge in [0.1, 0.15) is 16.6 Å². The lowest BCUT2D eigenvalue weighted by Crippen LogP contribution is -2.13. The van der Waals surface area contributed by atoms with Gasteiger partial charge in [-0.3, -0.25) is 10.1 Å². The molecule has 0 unspecified atom stereocenters. The molecule has 122 valence electrons. The van der Waals surface area contributed by atoms with E-state index in [1.54, 1.807) is 6.07 Å². The van der Waals surface area contributed by atoms with Crippen LogP contribution in [0, 0.1) is 5.82 Å². The topological polar surface area (TPSA) is 64.1 Å². The van der Waals surface area contributed by atoms with Gasteiger partial charge in [0.05, 0.1) is 12.2 Å². The first-order valence-electron chi connectivity index (χ1n) is 7.30. The first kappa shape index (κ1) is 16.1. The van der Waals surface area contributed by atoms with Gasteiger partial charge in [0.2, 0.25) is 5.13 Å². The summed E-state index contributed by atoms with van der Waals surface area (Å²) in [4.78, 5) is 12.1. The summed E-state index contributed by atoms with van der Waals surface area (Å²) in [5.41, 5.74) is 0.803. The fourth-order valence-electron chi connectivity index (χ4n) is 2.09. The van der Waals surface area contributed by atoms with Crippen LogP contribution in [0.4, 0.5) is 9.52 Å². The summed E-state index contributed by atoms with van der Waals surface area (Å²) in [5, 5.41) is 11.5. The standard InChI is InChI=1S/C17H14FN3O2S/c1-2-23-12-7-5-6-11(10-12)16-20-21-17(24-16)19-15(22)13-8-3-4-9-14(13)18/h3-10H,2H2,1H3,(H,19,21,22). The predicted molar refractivity (Wildman–Crippen MR) is 90.9 cm³/mol. The third-order valence-corrected chi connectivity index (χ3v) is 4.04. The fourth-order valence-corrected chi connectivity index (χ4v) is 2.82. The molecule has 3 rings (SSSR count). The Labute approximate surface area is 142 Å². The van der Waals surface area contributed by atoms with Gasteiger partial charge >= 0.3 is 0 Å². The Balaban J connectivity index is 1.77. The van der Waals surface area contributed by atoms with E-state index in [1.807, 2.05) is 31.2 Å². The molecule has 0 aliphatic rings. The predicted octanol–water partition coefficient (Wildman–Crippen LogP) is 4.00. The van der Waals surface area contributed by atoms with Crippen LogP contribution in [0.5, 0.6) is 5.75 Å². The minimum Gasteiger partial charge on any atom is -0.494 e. The summed E-state index contributed by atoms with van der Waals surface area (Å²) < 4.78 is 19.1. The molecular weight excluding hydrogens is 329 g/mol. The zero-order chi connectivity index (χ0) is 16.9. The molecule has 1 heterocycles. The molecule has 1 N–H and O–H groups in total. The number of ether oxygens (including phenoxy) is 1. The SMILES string of the molecule is CCOc1cccc(-c2nnc(NC(=O)c3ccccc3F)s2)c1. The molecule has 0 radical (unpaired) electrons. The summed E-state index contributed by atoms with van der Waals surface area (Å²) in [5.74, 6) is -0.398. The number of benzene rings is 2. The van der Waals surface area contributed by atoms with E-state index in [0.717, 1.165) is 11.3 Å². The molecule has 2 aromatic carbocycles. The smallest absolute Gasteiger partial charge is 0.260 e. The minimum absolute atomic E-state index is 0.0346. The molecular formula is C17H14FN3O2S. The zero-order valence-corrected chi connectivity index (χ0v) is 13.6. The first-order valence-corrected chi connectivity index (χ1v) is 8.11.